The van der Waals surface area contributed by atoms with E-state index in [-0.39, 0.29) is 43.0 Å². The second-order valence-corrected chi connectivity index (χ2v) is 6.09. The Kier molecular flexibility index (Phi) is 4.93. The van der Waals surface area contributed by atoms with Crippen molar-refractivity contribution in [2.75, 3.05) is 5.73 Å². The molecule has 0 saturated carbocycles. The Morgan fingerprint density at radius 1 is 1.36 bits per heavy atom. The minimum atomic E-state index is -0.384. The summed E-state index contributed by atoms with van der Waals surface area (Å²) in [4.78, 5) is 35.3. The van der Waals surface area contributed by atoms with Gasteiger partial charge < -0.3 is 20.0 Å². The Balaban J connectivity index is 1.73. The number of anilines is 1. The highest BCUT2D eigenvalue weighted by atomic mass is 16.6. The molecule has 1 saturated heterocycles. The molecule has 3 rings (SSSR count). The summed E-state index contributed by atoms with van der Waals surface area (Å²) in [5, 5.41) is 0. The van der Waals surface area contributed by atoms with Crippen LogP contribution in [0.3, 0.4) is 0 Å². The Labute approximate surface area is 144 Å². The number of Topliss-reactive ketones (excluding diaryl/α,β-unsaturated/α-hetero) is 1. The zero-order chi connectivity index (χ0) is 18.0. The number of rotatable bonds is 6. The number of imidazole rings is 1. The van der Waals surface area contributed by atoms with Crippen LogP contribution in [0.5, 0.6) is 0 Å². The first-order chi connectivity index (χ1) is 12.0. The second kappa shape index (κ2) is 7.14. The molecule has 3 heterocycles. The summed E-state index contributed by atoms with van der Waals surface area (Å²) in [5.41, 5.74) is 6.90. The molecule has 134 valence electrons. The van der Waals surface area contributed by atoms with Gasteiger partial charge in [0.1, 0.15) is 30.0 Å². The number of nitrogens with two attached hydrogens (primary N) is 1. The number of fused-ring (bicyclic) bond motifs is 1. The van der Waals surface area contributed by atoms with E-state index in [1.54, 1.807) is 10.9 Å². The molecular formula is C16H21N5O4. The van der Waals surface area contributed by atoms with Crippen molar-refractivity contribution in [1.82, 2.24) is 19.5 Å². The maximum atomic E-state index is 11.9. The lowest BCUT2D eigenvalue weighted by molar-refractivity contribution is -0.152. The van der Waals surface area contributed by atoms with Crippen molar-refractivity contribution < 1.29 is 19.1 Å². The Morgan fingerprint density at radius 2 is 2.16 bits per heavy atom. The lowest BCUT2D eigenvalue weighted by Gasteiger charge is -2.17. The Bertz CT molecular complexity index is 790. The molecule has 3 atom stereocenters. The van der Waals surface area contributed by atoms with Crippen molar-refractivity contribution in [3.8, 4) is 0 Å². The molecule has 0 radical (unpaired) electrons. The molecule has 0 amide bonds. The number of ether oxygens (including phenoxy) is 2. The van der Waals surface area contributed by atoms with E-state index in [1.165, 1.54) is 13.3 Å². The number of hydrogen-bond donors (Lipinski definition) is 1. The summed E-state index contributed by atoms with van der Waals surface area (Å²) in [6.07, 6.45) is 3.50. The molecule has 25 heavy (non-hydrogen) atoms. The lowest BCUT2D eigenvalue weighted by atomic mass is 10.1. The molecule has 0 bridgehead atoms. The summed E-state index contributed by atoms with van der Waals surface area (Å²) in [6, 6.07) is 0. The average molecular weight is 347 g/mol. The highest BCUT2D eigenvalue weighted by Gasteiger charge is 2.38. The van der Waals surface area contributed by atoms with Crippen LogP contribution in [0.25, 0.3) is 11.2 Å². The van der Waals surface area contributed by atoms with E-state index in [0.717, 1.165) is 0 Å². The van der Waals surface area contributed by atoms with E-state index in [9.17, 15) is 9.59 Å². The first-order valence-corrected chi connectivity index (χ1v) is 8.27. The van der Waals surface area contributed by atoms with Crippen LogP contribution in [-0.4, -0.2) is 43.5 Å². The van der Waals surface area contributed by atoms with Gasteiger partial charge >= 0.3 is 5.97 Å². The van der Waals surface area contributed by atoms with Crippen molar-refractivity contribution in [1.29, 1.82) is 0 Å². The Morgan fingerprint density at radius 3 is 2.88 bits per heavy atom. The predicted octanol–water partition coefficient (Wildman–Crippen LogP) is 1.39. The zero-order valence-corrected chi connectivity index (χ0v) is 14.2. The van der Waals surface area contributed by atoms with Gasteiger partial charge in [0.05, 0.1) is 18.9 Å². The first-order valence-electron chi connectivity index (χ1n) is 8.27. The normalized spacial score (nSPS) is 23.0. The summed E-state index contributed by atoms with van der Waals surface area (Å²) in [6.45, 7) is 3.42. The minimum Gasteiger partial charge on any atom is -0.459 e. The summed E-state index contributed by atoms with van der Waals surface area (Å²) in [5.74, 6) is -0.113. The van der Waals surface area contributed by atoms with E-state index in [2.05, 4.69) is 15.0 Å². The third-order valence-corrected chi connectivity index (χ3v) is 4.24. The molecule has 1 aliphatic heterocycles. The highest BCUT2D eigenvalue weighted by molar-refractivity contribution is 5.81. The third-order valence-electron chi connectivity index (χ3n) is 4.24. The van der Waals surface area contributed by atoms with Gasteiger partial charge in [-0.15, -0.1) is 0 Å². The van der Waals surface area contributed by atoms with Crippen LogP contribution < -0.4 is 5.73 Å². The smallest absolute Gasteiger partial charge is 0.306 e. The summed E-state index contributed by atoms with van der Waals surface area (Å²) < 4.78 is 13.3. The van der Waals surface area contributed by atoms with Gasteiger partial charge in [-0.1, -0.05) is 6.92 Å². The van der Waals surface area contributed by atoms with Gasteiger partial charge in [-0.25, -0.2) is 15.0 Å². The van der Waals surface area contributed by atoms with Crippen molar-refractivity contribution in [2.45, 2.75) is 58.0 Å². The van der Waals surface area contributed by atoms with Crippen molar-refractivity contribution in [3.63, 3.8) is 0 Å². The maximum Gasteiger partial charge on any atom is 0.306 e. The van der Waals surface area contributed by atoms with Gasteiger partial charge in [-0.3, -0.25) is 9.36 Å². The zero-order valence-electron chi connectivity index (χ0n) is 14.2. The fraction of sp³-hybridized carbons (Fsp3) is 0.562. The quantitative estimate of drug-likeness (QED) is 0.778. The molecule has 1 fully saturated rings. The van der Waals surface area contributed by atoms with Crippen molar-refractivity contribution in [3.05, 3.63) is 12.7 Å². The minimum absolute atomic E-state index is 0.0355. The van der Waals surface area contributed by atoms with Crippen molar-refractivity contribution >= 4 is 28.7 Å². The van der Waals surface area contributed by atoms with E-state index in [1.807, 2.05) is 6.92 Å². The van der Waals surface area contributed by atoms with E-state index < -0.39 is 0 Å². The van der Waals surface area contributed by atoms with Crippen LogP contribution in [0, 0.1) is 0 Å². The van der Waals surface area contributed by atoms with Gasteiger partial charge in [-0.05, 0) is 13.3 Å². The second-order valence-electron chi connectivity index (χ2n) is 6.09. The first kappa shape index (κ1) is 17.3. The molecule has 9 heteroatoms. The maximum absolute atomic E-state index is 11.9. The van der Waals surface area contributed by atoms with Gasteiger partial charge in [0.2, 0.25) is 0 Å². The molecule has 1 unspecified atom stereocenters. The number of aromatic nitrogens is 4. The van der Waals surface area contributed by atoms with Gasteiger partial charge in [0, 0.05) is 12.8 Å². The largest absolute Gasteiger partial charge is 0.459 e. The fourth-order valence-electron chi connectivity index (χ4n) is 2.94. The molecule has 9 nitrogen and oxygen atoms in total. The fourth-order valence-corrected chi connectivity index (χ4v) is 2.94. The van der Waals surface area contributed by atoms with Crippen LogP contribution >= 0.6 is 0 Å². The lowest BCUT2D eigenvalue weighted by Crippen LogP contribution is -2.26. The van der Waals surface area contributed by atoms with Gasteiger partial charge in [0.25, 0.3) is 0 Å². The number of carbonyl (C=O) groups excluding carboxylic acids is 2. The van der Waals surface area contributed by atoms with Gasteiger partial charge in [-0.2, -0.15) is 0 Å². The van der Waals surface area contributed by atoms with Crippen LogP contribution in [0.1, 0.15) is 45.8 Å². The van der Waals surface area contributed by atoms with Crippen molar-refractivity contribution in [2.24, 2.45) is 0 Å². The standard InChI is InChI=1S/C16H21N5O4/c1-3-10-11(25-13(23)5-4-9(2)22)6-12(24-10)21-8-20-14-15(17)18-7-19-16(14)21/h7-8,10-12H,3-6H2,1-2H3,(H2,17,18,19)/t10-,11?,12-/m1/s1. The van der Waals surface area contributed by atoms with E-state index >= 15 is 0 Å². The van der Waals surface area contributed by atoms with Crippen LogP contribution in [-0.2, 0) is 19.1 Å². The molecule has 0 aliphatic carbocycles. The topological polar surface area (TPSA) is 122 Å². The van der Waals surface area contributed by atoms with Crippen LogP contribution in [0.2, 0.25) is 0 Å². The average Bonchev–Trinajstić information content (AvgIpc) is 3.17. The predicted molar refractivity (Wildman–Crippen MR) is 88.3 cm³/mol. The number of esters is 1. The monoisotopic (exact) mass is 347 g/mol. The van der Waals surface area contributed by atoms with Crippen LogP contribution in [0.15, 0.2) is 12.7 Å². The van der Waals surface area contributed by atoms with Crippen LogP contribution in [0.4, 0.5) is 5.82 Å². The SMILES string of the molecule is CC[C@H]1O[C@@H](n2cnc3c(N)ncnc32)CC1OC(=O)CCC(C)=O. The summed E-state index contributed by atoms with van der Waals surface area (Å²) in [7, 11) is 0. The molecule has 0 aromatic carbocycles. The Hall–Kier alpha value is -2.55. The van der Waals surface area contributed by atoms with E-state index in [4.69, 9.17) is 15.2 Å². The number of nitrogens with zero attached hydrogens (tertiary/aromatic N) is 4. The number of hydrogen-bond acceptors (Lipinski definition) is 8. The summed E-state index contributed by atoms with van der Waals surface area (Å²) >= 11 is 0. The highest BCUT2D eigenvalue weighted by Crippen LogP contribution is 2.34. The third kappa shape index (κ3) is 3.60. The number of carbonyl (C=O) groups is 2. The number of ketones is 1. The molecule has 2 aromatic rings. The number of nitrogen functional groups attached to an aromatic ring is 1. The van der Waals surface area contributed by atoms with Gasteiger partial charge in [0.15, 0.2) is 11.5 Å². The molecule has 1 aliphatic rings. The molecule has 0 spiro atoms. The molecular weight excluding hydrogens is 326 g/mol. The van der Waals surface area contributed by atoms with E-state index in [0.29, 0.717) is 29.8 Å². The molecule has 2 N–H and O–H groups in total. The molecule has 2 aromatic heterocycles.